The molecule has 0 fully saturated rings. The highest BCUT2D eigenvalue weighted by atomic mass is 16.6. The predicted octanol–water partition coefficient (Wildman–Crippen LogP) is 3.34. The molecule has 146 valence electrons. The summed E-state index contributed by atoms with van der Waals surface area (Å²) in [7, 11) is 1.04. The fourth-order valence-electron chi connectivity index (χ4n) is 3.13. The number of nitrogens with zero attached hydrogens (tertiary/aromatic N) is 2. The molecule has 2 aromatic rings. The first kappa shape index (κ1) is 20.8. The molecule has 0 aliphatic heterocycles. The fourth-order valence-corrected chi connectivity index (χ4v) is 3.13. The van der Waals surface area contributed by atoms with Gasteiger partial charge in [-0.15, -0.1) is 0 Å². The van der Waals surface area contributed by atoms with E-state index in [0.717, 1.165) is 12.7 Å². The molecule has 8 heteroatoms. The minimum atomic E-state index is -2.32. The molecule has 0 aliphatic carbocycles. The summed E-state index contributed by atoms with van der Waals surface area (Å²) in [6.07, 6.45) is 2.76. The van der Waals surface area contributed by atoms with Crippen LogP contribution >= 0.6 is 0 Å². The zero-order valence-corrected chi connectivity index (χ0v) is 15.3. The third-order valence-corrected chi connectivity index (χ3v) is 4.51. The molecular formula is C20H20N2O6. The van der Waals surface area contributed by atoms with Crippen LogP contribution in [0.1, 0.15) is 23.5 Å². The van der Waals surface area contributed by atoms with Gasteiger partial charge < -0.3 is 4.74 Å². The van der Waals surface area contributed by atoms with Crippen LogP contribution in [0.3, 0.4) is 0 Å². The van der Waals surface area contributed by atoms with Crippen LogP contribution in [0.25, 0.3) is 6.08 Å². The lowest BCUT2D eigenvalue weighted by molar-refractivity contribution is -0.574. The molecular weight excluding hydrogens is 364 g/mol. The van der Waals surface area contributed by atoms with Gasteiger partial charge in [0.25, 0.3) is 0 Å². The third kappa shape index (κ3) is 4.59. The maximum atomic E-state index is 12.6. The maximum Gasteiger partial charge on any atom is 0.385 e. The van der Waals surface area contributed by atoms with Crippen molar-refractivity contribution in [1.82, 2.24) is 0 Å². The monoisotopic (exact) mass is 384 g/mol. The smallest absolute Gasteiger partial charge is 0.385 e. The number of carbonyl (C=O) groups is 1. The van der Waals surface area contributed by atoms with Crippen molar-refractivity contribution >= 4 is 12.0 Å². The Hall–Kier alpha value is -3.55. The third-order valence-electron chi connectivity index (χ3n) is 4.51. The van der Waals surface area contributed by atoms with Crippen molar-refractivity contribution in [2.75, 3.05) is 13.7 Å². The van der Waals surface area contributed by atoms with Gasteiger partial charge in [-0.05, 0) is 11.1 Å². The molecule has 2 aromatic carbocycles. The number of benzene rings is 2. The van der Waals surface area contributed by atoms with E-state index < -0.39 is 33.8 Å². The van der Waals surface area contributed by atoms with E-state index in [4.69, 9.17) is 4.74 Å². The van der Waals surface area contributed by atoms with Crippen molar-refractivity contribution in [1.29, 1.82) is 0 Å². The molecule has 0 aliphatic rings. The fraction of sp³-hybridized carbons (Fsp3) is 0.250. The van der Waals surface area contributed by atoms with Gasteiger partial charge in [0.1, 0.15) is 5.92 Å². The van der Waals surface area contributed by atoms with Gasteiger partial charge in [0.15, 0.2) is 0 Å². The van der Waals surface area contributed by atoms with Crippen LogP contribution in [-0.2, 0) is 9.53 Å². The van der Waals surface area contributed by atoms with Crippen molar-refractivity contribution in [2.45, 2.75) is 17.9 Å². The Kier molecular flexibility index (Phi) is 6.97. The molecule has 0 N–H and O–H groups in total. The van der Waals surface area contributed by atoms with E-state index in [1.165, 1.54) is 18.2 Å². The molecule has 0 spiro atoms. The molecule has 0 amide bonds. The number of hydrogen-bond donors (Lipinski definition) is 0. The summed E-state index contributed by atoms with van der Waals surface area (Å²) in [6, 6.07) is 17.0. The average Bonchev–Trinajstić information content (AvgIpc) is 2.70. The molecule has 0 unspecified atom stereocenters. The van der Waals surface area contributed by atoms with Gasteiger partial charge >= 0.3 is 11.5 Å². The Morgan fingerprint density at radius 3 is 2.14 bits per heavy atom. The van der Waals surface area contributed by atoms with Crippen LogP contribution < -0.4 is 0 Å². The minimum absolute atomic E-state index is 0.328. The quantitative estimate of drug-likeness (QED) is 0.372. The summed E-state index contributed by atoms with van der Waals surface area (Å²) in [5.41, 5.74) is -1.21. The maximum absolute atomic E-state index is 12.6. The van der Waals surface area contributed by atoms with Gasteiger partial charge in [0.2, 0.25) is 6.54 Å². The Labute approximate surface area is 161 Å². The molecule has 0 saturated heterocycles. The predicted molar refractivity (Wildman–Crippen MR) is 103 cm³/mol. The average molecular weight is 384 g/mol. The Balaban J connectivity index is 2.53. The van der Waals surface area contributed by atoms with Crippen molar-refractivity contribution in [3.05, 3.63) is 98.1 Å². The van der Waals surface area contributed by atoms with Crippen LogP contribution in [0.15, 0.2) is 66.7 Å². The van der Waals surface area contributed by atoms with Crippen LogP contribution in [0.4, 0.5) is 0 Å². The number of carbonyl (C=O) groups excluding carboxylic acids is 1. The summed E-state index contributed by atoms with van der Waals surface area (Å²) in [5, 5.41) is 23.4. The first-order valence-electron chi connectivity index (χ1n) is 8.53. The number of nitro groups is 2. The van der Waals surface area contributed by atoms with Crippen LogP contribution in [0.2, 0.25) is 0 Å². The summed E-state index contributed by atoms with van der Waals surface area (Å²) >= 11 is 0. The lowest BCUT2D eigenvalue weighted by atomic mass is 9.77. The molecule has 0 aromatic heterocycles. The number of ether oxygens (including phenoxy) is 1. The van der Waals surface area contributed by atoms with Gasteiger partial charge in [-0.3, -0.25) is 20.2 Å². The molecule has 2 atom stereocenters. The van der Waals surface area contributed by atoms with Crippen LogP contribution in [-0.4, -0.2) is 35.0 Å². The largest absolute Gasteiger partial charge is 0.464 e. The topological polar surface area (TPSA) is 113 Å². The highest BCUT2D eigenvalue weighted by molar-refractivity contribution is 5.81. The molecule has 0 saturated carbocycles. The Morgan fingerprint density at radius 2 is 1.64 bits per heavy atom. The van der Waals surface area contributed by atoms with Crippen molar-refractivity contribution < 1.29 is 19.4 Å². The van der Waals surface area contributed by atoms with Gasteiger partial charge in [0.05, 0.1) is 7.11 Å². The van der Waals surface area contributed by atoms with E-state index in [1.54, 1.807) is 48.5 Å². The van der Waals surface area contributed by atoms with E-state index in [0.29, 0.717) is 5.56 Å². The zero-order chi connectivity index (χ0) is 20.6. The van der Waals surface area contributed by atoms with Gasteiger partial charge in [-0.2, -0.15) is 0 Å². The second-order valence-electron chi connectivity index (χ2n) is 6.17. The zero-order valence-electron chi connectivity index (χ0n) is 15.3. The van der Waals surface area contributed by atoms with E-state index >= 15 is 0 Å². The second kappa shape index (κ2) is 9.40. The summed E-state index contributed by atoms with van der Waals surface area (Å²) < 4.78 is 4.73. The highest BCUT2D eigenvalue weighted by Crippen LogP contribution is 2.36. The molecule has 0 heterocycles. The first-order chi connectivity index (χ1) is 13.4. The Bertz CT molecular complexity index is 854. The van der Waals surface area contributed by atoms with Crippen molar-refractivity contribution in [3.63, 3.8) is 0 Å². The van der Waals surface area contributed by atoms with E-state index in [2.05, 4.69) is 0 Å². The number of esters is 1. The van der Waals surface area contributed by atoms with E-state index in [1.807, 2.05) is 6.07 Å². The van der Waals surface area contributed by atoms with Crippen LogP contribution in [0, 0.1) is 20.2 Å². The lowest BCUT2D eigenvalue weighted by Gasteiger charge is -2.28. The molecule has 28 heavy (non-hydrogen) atoms. The van der Waals surface area contributed by atoms with E-state index in [-0.39, 0.29) is 6.42 Å². The normalized spacial score (nSPS) is 14.2. The summed E-state index contributed by atoms with van der Waals surface area (Å²) in [6.45, 7) is -0.779. The number of hydrogen-bond acceptors (Lipinski definition) is 6. The number of methoxy groups -OCH3 is 1. The van der Waals surface area contributed by atoms with Gasteiger partial charge in [0, 0.05) is 16.3 Å². The first-order valence-corrected chi connectivity index (χ1v) is 8.53. The number of rotatable bonds is 9. The lowest BCUT2D eigenvalue weighted by Crippen LogP contribution is -2.53. The van der Waals surface area contributed by atoms with E-state index in [9.17, 15) is 25.0 Å². The SMILES string of the molecule is COC(=O)[C@](C/C=C/c1ccccc1)([C@H](C[N+](=O)[O-])c1ccccc1)[N+](=O)[O-]. The molecule has 2 rings (SSSR count). The minimum Gasteiger partial charge on any atom is -0.464 e. The van der Waals surface area contributed by atoms with Crippen molar-refractivity contribution in [2.24, 2.45) is 0 Å². The van der Waals surface area contributed by atoms with Gasteiger partial charge in [-0.1, -0.05) is 72.8 Å². The second-order valence-corrected chi connectivity index (χ2v) is 6.17. The highest BCUT2D eigenvalue weighted by Gasteiger charge is 2.60. The molecule has 0 radical (unpaired) electrons. The standard InChI is InChI=1S/C20H20N2O6/c1-28-19(23)20(22(26)27,14-8-11-16-9-4-2-5-10-16)18(15-21(24)25)17-12-6-3-7-13-17/h2-13,18H,14-15H2,1H3/b11-8+/t18-,20+/m1/s1. The summed E-state index contributed by atoms with van der Waals surface area (Å²) in [5.74, 6) is -2.42. The van der Waals surface area contributed by atoms with Crippen molar-refractivity contribution in [3.8, 4) is 0 Å². The van der Waals surface area contributed by atoms with Gasteiger partial charge in [-0.25, -0.2) is 4.79 Å². The molecule has 8 nitrogen and oxygen atoms in total. The Morgan fingerprint density at radius 1 is 1.07 bits per heavy atom. The molecule has 0 bridgehead atoms. The van der Waals surface area contributed by atoms with Crippen LogP contribution in [0.5, 0.6) is 0 Å². The summed E-state index contributed by atoms with van der Waals surface area (Å²) in [4.78, 5) is 34.6.